The van der Waals surface area contributed by atoms with E-state index in [9.17, 15) is 18.0 Å². The van der Waals surface area contributed by atoms with Crippen molar-refractivity contribution in [3.63, 3.8) is 0 Å². The highest BCUT2D eigenvalue weighted by molar-refractivity contribution is 5.81. The second-order valence-electron chi connectivity index (χ2n) is 3.65. The molecule has 1 aromatic heterocycles. The standard InChI is InChI=1S/C10H10F3NO2/c1-6-3-4-14-7(5-6)9(2,8(15)16)10(11,12)13/h3-5H,1-2H3,(H,15,16). The minimum absolute atomic E-state index is 0.507. The van der Waals surface area contributed by atoms with Crippen molar-refractivity contribution in [2.75, 3.05) is 0 Å². The molecule has 3 nitrogen and oxygen atoms in total. The van der Waals surface area contributed by atoms with Crippen molar-refractivity contribution in [2.45, 2.75) is 25.4 Å². The predicted molar refractivity (Wildman–Crippen MR) is 50.0 cm³/mol. The monoisotopic (exact) mass is 233 g/mol. The third-order valence-corrected chi connectivity index (χ3v) is 2.42. The van der Waals surface area contributed by atoms with Gasteiger partial charge < -0.3 is 5.11 Å². The summed E-state index contributed by atoms with van der Waals surface area (Å²) in [5.74, 6) is -1.96. The number of pyridine rings is 1. The average molecular weight is 233 g/mol. The Kier molecular flexibility index (Phi) is 2.94. The van der Waals surface area contributed by atoms with Crippen molar-refractivity contribution < 1.29 is 23.1 Å². The molecule has 16 heavy (non-hydrogen) atoms. The molecule has 1 heterocycles. The minimum Gasteiger partial charge on any atom is -0.480 e. The first-order valence-corrected chi connectivity index (χ1v) is 4.43. The van der Waals surface area contributed by atoms with E-state index in [-0.39, 0.29) is 0 Å². The van der Waals surface area contributed by atoms with Crippen molar-refractivity contribution in [3.8, 4) is 0 Å². The molecule has 0 aliphatic rings. The van der Waals surface area contributed by atoms with Gasteiger partial charge in [0.1, 0.15) is 0 Å². The summed E-state index contributed by atoms with van der Waals surface area (Å²) in [7, 11) is 0. The molecule has 0 saturated heterocycles. The van der Waals surface area contributed by atoms with E-state index in [0.717, 1.165) is 12.3 Å². The molecule has 1 atom stereocenters. The van der Waals surface area contributed by atoms with E-state index in [1.165, 1.54) is 6.07 Å². The van der Waals surface area contributed by atoms with Gasteiger partial charge in [0.25, 0.3) is 0 Å². The van der Waals surface area contributed by atoms with Crippen LogP contribution in [0.15, 0.2) is 18.3 Å². The second-order valence-corrected chi connectivity index (χ2v) is 3.65. The van der Waals surface area contributed by atoms with Gasteiger partial charge in [-0.2, -0.15) is 13.2 Å². The number of carbonyl (C=O) groups is 1. The van der Waals surface area contributed by atoms with Gasteiger partial charge in [0, 0.05) is 6.20 Å². The van der Waals surface area contributed by atoms with E-state index < -0.39 is 23.3 Å². The lowest BCUT2D eigenvalue weighted by Gasteiger charge is -2.27. The molecule has 0 aliphatic carbocycles. The smallest absolute Gasteiger partial charge is 0.410 e. The largest absolute Gasteiger partial charge is 0.480 e. The van der Waals surface area contributed by atoms with Crippen LogP contribution in [0.1, 0.15) is 18.2 Å². The molecule has 0 spiro atoms. The fraction of sp³-hybridized carbons (Fsp3) is 0.400. The van der Waals surface area contributed by atoms with Crippen LogP contribution >= 0.6 is 0 Å². The van der Waals surface area contributed by atoms with Gasteiger partial charge in [0.2, 0.25) is 5.41 Å². The summed E-state index contributed by atoms with van der Waals surface area (Å²) in [4.78, 5) is 14.3. The molecule has 1 unspecified atom stereocenters. The van der Waals surface area contributed by atoms with Crippen LogP contribution in [0.3, 0.4) is 0 Å². The predicted octanol–water partition coefficient (Wildman–Crippen LogP) is 2.29. The number of aliphatic carboxylic acids is 1. The first kappa shape index (κ1) is 12.5. The number of hydrogen-bond acceptors (Lipinski definition) is 2. The highest BCUT2D eigenvalue weighted by atomic mass is 19.4. The SMILES string of the molecule is Cc1ccnc(C(C)(C(=O)O)C(F)(F)F)c1. The molecule has 0 radical (unpaired) electrons. The van der Waals surface area contributed by atoms with Gasteiger partial charge in [0.05, 0.1) is 5.69 Å². The maximum atomic E-state index is 12.8. The Morgan fingerprint density at radius 3 is 2.38 bits per heavy atom. The van der Waals surface area contributed by atoms with Gasteiger partial charge >= 0.3 is 12.1 Å². The number of hydrogen-bond donors (Lipinski definition) is 1. The number of aryl methyl sites for hydroxylation is 1. The third kappa shape index (κ3) is 1.87. The van der Waals surface area contributed by atoms with Crippen LogP contribution in [0, 0.1) is 6.92 Å². The summed E-state index contributed by atoms with van der Waals surface area (Å²) in [5, 5.41) is 8.75. The summed E-state index contributed by atoms with van der Waals surface area (Å²) < 4.78 is 38.3. The van der Waals surface area contributed by atoms with Crippen LogP contribution in [0.25, 0.3) is 0 Å². The molecule has 1 aromatic rings. The zero-order valence-electron chi connectivity index (χ0n) is 8.67. The Morgan fingerprint density at radius 2 is 2.00 bits per heavy atom. The summed E-state index contributed by atoms with van der Waals surface area (Å²) in [6.45, 7) is 2.18. The first-order valence-electron chi connectivity index (χ1n) is 4.43. The number of aromatic nitrogens is 1. The minimum atomic E-state index is -4.89. The quantitative estimate of drug-likeness (QED) is 0.852. The Morgan fingerprint density at radius 1 is 1.44 bits per heavy atom. The molecule has 88 valence electrons. The van der Waals surface area contributed by atoms with Crippen molar-refractivity contribution >= 4 is 5.97 Å². The molecular formula is C10H10F3NO2. The number of carboxylic acids is 1. The number of alkyl halides is 3. The van der Waals surface area contributed by atoms with Gasteiger partial charge in [0.15, 0.2) is 0 Å². The van der Waals surface area contributed by atoms with E-state index in [2.05, 4.69) is 4.98 Å². The van der Waals surface area contributed by atoms with Crippen molar-refractivity contribution in [3.05, 3.63) is 29.6 Å². The fourth-order valence-corrected chi connectivity index (χ4v) is 1.19. The van der Waals surface area contributed by atoms with Gasteiger partial charge in [-0.1, -0.05) is 0 Å². The van der Waals surface area contributed by atoms with Crippen LogP contribution in [0.2, 0.25) is 0 Å². The van der Waals surface area contributed by atoms with Crippen LogP contribution in [-0.4, -0.2) is 22.2 Å². The highest BCUT2D eigenvalue weighted by Crippen LogP contribution is 2.40. The number of rotatable bonds is 2. The van der Waals surface area contributed by atoms with Gasteiger partial charge in [-0.15, -0.1) is 0 Å². The summed E-state index contributed by atoms with van der Waals surface area (Å²) in [6.07, 6.45) is -3.72. The van der Waals surface area contributed by atoms with Crippen molar-refractivity contribution in [1.82, 2.24) is 4.98 Å². The van der Waals surface area contributed by atoms with E-state index >= 15 is 0 Å². The maximum Gasteiger partial charge on any atom is 0.410 e. The maximum absolute atomic E-state index is 12.8. The van der Waals surface area contributed by atoms with Gasteiger partial charge in [-0.05, 0) is 31.5 Å². The van der Waals surface area contributed by atoms with Crippen LogP contribution < -0.4 is 0 Å². The number of halogens is 3. The zero-order chi connectivity index (χ0) is 12.6. The summed E-state index contributed by atoms with van der Waals surface area (Å²) in [5.41, 5.74) is -2.95. The first-order chi connectivity index (χ1) is 7.19. The third-order valence-electron chi connectivity index (χ3n) is 2.42. The van der Waals surface area contributed by atoms with E-state index in [1.54, 1.807) is 6.92 Å². The molecule has 0 amide bonds. The lowest BCUT2D eigenvalue weighted by atomic mass is 9.85. The van der Waals surface area contributed by atoms with E-state index in [4.69, 9.17) is 5.11 Å². The second kappa shape index (κ2) is 3.77. The molecule has 0 aliphatic heterocycles. The van der Waals surface area contributed by atoms with Gasteiger partial charge in [-0.3, -0.25) is 9.78 Å². The highest BCUT2D eigenvalue weighted by Gasteiger charge is 2.59. The lowest BCUT2D eigenvalue weighted by Crippen LogP contribution is -2.47. The number of carboxylic acid groups (broad SMARTS) is 1. The van der Waals surface area contributed by atoms with E-state index in [1.807, 2.05) is 0 Å². The average Bonchev–Trinajstić information content (AvgIpc) is 2.14. The molecular weight excluding hydrogens is 223 g/mol. The van der Waals surface area contributed by atoms with Crippen LogP contribution in [0.4, 0.5) is 13.2 Å². The normalized spacial score (nSPS) is 15.6. The molecule has 1 N–H and O–H groups in total. The molecule has 0 bridgehead atoms. The van der Waals surface area contributed by atoms with Crippen LogP contribution in [0.5, 0.6) is 0 Å². The van der Waals surface area contributed by atoms with Crippen molar-refractivity contribution in [1.29, 1.82) is 0 Å². The molecule has 6 heteroatoms. The molecule has 1 rings (SSSR count). The summed E-state index contributed by atoms with van der Waals surface area (Å²) >= 11 is 0. The Bertz CT molecular complexity index is 417. The van der Waals surface area contributed by atoms with Crippen molar-refractivity contribution in [2.24, 2.45) is 0 Å². The molecule has 0 fully saturated rings. The van der Waals surface area contributed by atoms with Crippen LogP contribution in [-0.2, 0) is 10.2 Å². The Labute approximate surface area is 89.9 Å². The topological polar surface area (TPSA) is 50.2 Å². The Balaban J connectivity index is 3.39. The molecule has 0 aromatic carbocycles. The van der Waals surface area contributed by atoms with Gasteiger partial charge in [-0.25, -0.2) is 0 Å². The van der Waals surface area contributed by atoms with E-state index in [0.29, 0.717) is 12.5 Å². The fourth-order valence-electron chi connectivity index (χ4n) is 1.19. The summed E-state index contributed by atoms with van der Waals surface area (Å²) in [6, 6.07) is 2.63. The lowest BCUT2D eigenvalue weighted by molar-refractivity contribution is -0.202. The number of nitrogens with zero attached hydrogens (tertiary/aromatic N) is 1. The Hall–Kier alpha value is -1.59. The molecule has 0 saturated carbocycles. The zero-order valence-corrected chi connectivity index (χ0v) is 8.67.